The maximum atomic E-state index is 11.8. The van der Waals surface area contributed by atoms with Crippen LogP contribution < -0.4 is 5.56 Å². The van der Waals surface area contributed by atoms with Gasteiger partial charge in [-0.1, -0.05) is 12.1 Å². The smallest absolute Gasteiger partial charge is 0.267 e. The fourth-order valence-corrected chi connectivity index (χ4v) is 2.44. The van der Waals surface area contributed by atoms with Crippen molar-refractivity contribution in [2.75, 3.05) is 0 Å². The molecule has 0 atom stereocenters. The Labute approximate surface area is 95.6 Å². The summed E-state index contributed by atoms with van der Waals surface area (Å²) in [5, 5.41) is 2.88. The maximum Gasteiger partial charge on any atom is 0.274 e. The number of rotatable bonds is 1. The van der Waals surface area contributed by atoms with Crippen molar-refractivity contribution in [1.29, 1.82) is 0 Å². The lowest BCUT2D eigenvalue weighted by molar-refractivity contribution is 1.04. The number of hydrogen-bond acceptors (Lipinski definition) is 3. The minimum atomic E-state index is -0.0962. The lowest BCUT2D eigenvalue weighted by Crippen LogP contribution is -2.17. The van der Waals surface area contributed by atoms with Crippen LogP contribution in [-0.4, -0.2) is 9.55 Å². The first-order valence-electron chi connectivity index (χ1n) is 4.87. The number of para-hydroxylation sites is 2. The zero-order valence-corrected chi connectivity index (χ0v) is 9.15. The van der Waals surface area contributed by atoms with Crippen molar-refractivity contribution in [2.24, 2.45) is 0 Å². The number of hydrogen-bond donors (Lipinski definition) is 0. The monoisotopic (exact) mass is 228 g/mol. The second-order valence-electron chi connectivity index (χ2n) is 3.37. The van der Waals surface area contributed by atoms with Gasteiger partial charge in [-0.2, -0.15) is 0 Å². The Morgan fingerprint density at radius 1 is 1.12 bits per heavy atom. The second-order valence-corrected chi connectivity index (χ2v) is 4.30. The Hall–Kier alpha value is -1.94. The highest BCUT2D eigenvalue weighted by Crippen LogP contribution is 2.18. The Morgan fingerprint density at radius 3 is 2.81 bits per heavy atom. The first-order chi connectivity index (χ1) is 7.86. The number of fused-ring (bicyclic) bond motifs is 1. The van der Waals surface area contributed by atoms with Gasteiger partial charge in [0.2, 0.25) is 0 Å². The summed E-state index contributed by atoms with van der Waals surface area (Å²) in [6.07, 6.45) is 1.36. The zero-order valence-electron chi connectivity index (χ0n) is 8.33. The molecule has 0 unspecified atom stereocenters. The number of thiophene rings is 1. The summed E-state index contributed by atoms with van der Waals surface area (Å²) in [7, 11) is 0. The standard InChI is InChI=1S/C12H8N2OS/c15-11-8-13-9-4-1-2-5-10(9)14(11)12-6-3-7-16-12/h1-8H. The van der Waals surface area contributed by atoms with Gasteiger partial charge in [0, 0.05) is 0 Å². The Bertz CT molecular complexity index is 686. The molecule has 0 fully saturated rings. The van der Waals surface area contributed by atoms with Gasteiger partial charge in [0.1, 0.15) is 5.00 Å². The highest BCUT2D eigenvalue weighted by Gasteiger charge is 2.05. The number of aromatic nitrogens is 2. The lowest BCUT2D eigenvalue weighted by atomic mass is 10.3. The Balaban J connectivity index is 2.47. The van der Waals surface area contributed by atoms with Crippen LogP contribution in [-0.2, 0) is 0 Å². The molecular formula is C12H8N2OS. The van der Waals surface area contributed by atoms with E-state index in [2.05, 4.69) is 4.98 Å². The minimum absolute atomic E-state index is 0.0962. The summed E-state index contributed by atoms with van der Waals surface area (Å²) < 4.78 is 1.69. The van der Waals surface area contributed by atoms with Gasteiger partial charge in [-0.3, -0.25) is 9.36 Å². The molecule has 3 nitrogen and oxygen atoms in total. The van der Waals surface area contributed by atoms with Gasteiger partial charge >= 0.3 is 0 Å². The van der Waals surface area contributed by atoms with E-state index in [9.17, 15) is 4.79 Å². The van der Waals surface area contributed by atoms with Crippen LogP contribution in [0.2, 0.25) is 0 Å². The van der Waals surface area contributed by atoms with Gasteiger partial charge in [0.25, 0.3) is 5.56 Å². The van der Waals surface area contributed by atoms with Gasteiger partial charge in [-0.15, -0.1) is 11.3 Å². The first-order valence-corrected chi connectivity index (χ1v) is 5.75. The molecule has 0 bridgehead atoms. The molecule has 0 saturated heterocycles. The van der Waals surface area contributed by atoms with Gasteiger partial charge in [-0.25, -0.2) is 4.98 Å². The number of benzene rings is 1. The van der Waals surface area contributed by atoms with E-state index in [1.807, 2.05) is 41.8 Å². The third-order valence-electron chi connectivity index (χ3n) is 2.38. The lowest BCUT2D eigenvalue weighted by Gasteiger charge is -2.05. The van der Waals surface area contributed by atoms with Crippen molar-refractivity contribution in [3.05, 3.63) is 58.3 Å². The van der Waals surface area contributed by atoms with Crippen molar-refractivity contribution in [3.8, 4) is 5.00 Å². The van der Waals surface area contributed by atoms with Crippen molar-refractivity contribution in [2.45, 2.75) is 0 Å². The summed E-state index contributed by atoms with van der Waals surface area (Å²) in [6.45, 7) is 0. The van der Waals surface area contributed by atoms with Gasteiger partial charge < -0.3 is 0 Å². The molecule has 0 aliphatic heterocycles. The molecule has 2 heterocycles. The van der Waals surface area contributed by atoms with Crippen LogP contribution in [0.1, 0.15) is 0 Å². The summed E-state index contributed by atoms with van der Waals surface area (Å²) in [6, 6.07) is 11.5. The molecule has 0 aliphatic rings. The van der Waals surface area contributed by atoms with Crippen LogP contribution in [0.25, 0.3) is 16.0 Å². The van der Waals surface area contributed by atoms with Crippen LogP contribution in [0.5, 0.6) is 0 Å². The summed E-state index contributed by atoms with van der Waals surface area (Å²) in [5.41, 5.74) is 1.58. The van der Waals surface area contributed by atoms with E-state index < -0.39 is 0 Å². The fraction of sp³-hybridized carbons (Fsp3) is 0. The van der Waals surface area contributed by atoms with E-state index in [1.54, 1.807) is 15.9 Å². The molecule has 3 rings (SSSR count). The molecular weight excluding hydrogens is 220 g/mol. The highest BCUT2D eigenvalue weighted by molar-refractivity contribution is 7.12. The highest BCUT2D eigenvalue weighted by atomic mass is 32.1. The van der Waals surface area contributed by atoms with Crippen LogP contribution in [0.15, 0.2) is 52.8 Å². The van der Waals surface area contributed by atoms with Crippen molar-refractivity contribution in [1.82, 2.24) is 9.55 Å². The molecule has 0 amide bonds. The van der Waals surface area contributed by atoms with Gasteiger partial charge in [-0.05, 0) is 29.6 Å². The van der Waals surface area contributed by atoms with Crippen LogP contribution in [0.4, 0.5) is 0 Å². The molecule has 0 saturated carbocycles. The molecule has 0 spiro atoms. The number of nitrogens with zero attached hydrogens (tertiary/aromatic N) is 2. The van der Waals surface area contributed by atoms with E-state index >= 15 is 0 Å². The van der Waals surface area contributed by atoms with E-state index in [0.29, 0.717) is 0 Å². The first kappa shape index (κ1) is 9.30. The SMILES string of the molecule is O=c1cnc2ccccc2n1-c1cccs1. The van der Waals surface area contributed by atoms with Gasteiger partial charge in [0.05, 0.1) is 17.2 Å². The molecule has 0 aliphatic carbocycles. The Kier molecular flexibility index (Phi) is 2.08. The van der Waals surface area contributed by atoms with Crippen molar-refractivity contribution >= 4 is 22.4 Å². The van der Waals surface area contributed by atoms with E-state index in [0.717, 1.165) is 16.0 Å². The third kappa shape index (κ3) is 1.35. The van der Waals surface area contributed by atoms with Crippen molar-refractivity contribution < 1.29 is 0 Å². The summed E-state index contributed by atoms with van der Waals surface area (Å²) >= 11 is 1.54. The molecule has 78 valence electrons. The summed E-state index contributed by atoms with van der Waals surface area (Å²) in [5.74, 6) is 0. The molecule has 4 heteroatoms. The van der Waals surface area contributed by atoms with Crippen molar-refractivity contribution in [3.63, 3.8) is 0 Å². The molecule has 1 aromatic carbocycles. The zero-order chi connectivity index (χ0) is 11.0. The van der Waals surface area contributed by atoms with Crippen LogP contribution in [0, 0.1) is 0 Å². The normalized spacial score (nSPS) is 10.8. The third-order valence-corrected chi connectivity index (χ3v) is 3.24. The van der Waals surface area contributed by atoms with E-state index in [4.69, 9.17) is 0 Å². The maximum absolute atomic E-state index is 11.8. The minimum Gasteiger partial charge on any atom is -0.267 e. The average molecular weight is 228 g/mol. The molecule has 0 N–H and O–H groups in total. The molecule has 3 aromatic rings. The predicted molar refractivity (Wildman–Crippen MR) is 65.2 cm³/mol. The average Bonchev–Trinajstić information content (AvgIpc) is 2.82. The van der Waals surface area contributed by atoms with Crippen LogP contribution >= 0.6 is 11.3 Å². The quantitative estimate of drug-likeness (QED) is 0.641. The molecule has 2 aromatic heterocycles. The van der Waals surface area contributed by atoms with Gasteiger partial charge in [0.15, 0.2) is 0 Å². The van der Waals surface area contributed by atoms with E-state index in [-0.39, 0.29) is 5.56 Å². The molecule has 16 heavy (non-hydrogen) atoms. The van der Waals surface area contributed by atoms with E-state index in [1.165, 1.54) is 6.20 Å². The Morgan fingerprint density at radius 2 is 2.00 bits per heavy atom. The largest absolute Gasteiger partial charge is 0.274 e. The topological polar surface area (TPSA) is 34.9 Å². The van der Waals surface area contributed by atoms with Crippen LogP contribution in [0.3, 0.4) is 0 Å². The molecule has 0 radical (unpaired) electrons. The second kappa shape index (κ2) is 3.57. The predicted octanol–water partition coefficient (Wildman–Crippen LogP) is 2.45. The summed E-state index contributed by atoms with van der Waals surface area (Å²) in [4.78, 5) is 16.0. The fourth-order valence-electron chi connectivity index (χ4n) is 1.69.